The lowest BCUT2D eigenvalue weighted by Crippen LogP contribution is -2.51. The predicted octanol–water partition coefficient (Wildman–Crippen LogP) is 2.23. The van der Waals surface area contributed by atoms with Crippen LogP contribution in [0.15, 0.2) is 54.6 Å². The molecule has 1 heterocycles. The second kappa shape index (κ2) is 7.36. The van der Waals surface area contributed by atoms with Gasteiger partial charge in [-0.25, -0.2) is 0 Å². The fourth-order valence-electron chi connectivity index (χ4n) is 2.89. The minimum atomic E-state index is -0.795. The number of morpholine rings is 1. The van der Waals surface area contributed by atoms with Crippen LogP contribution in [0.2, 0.25) is 0 Å². The first-order chi connectivity index (χ1) is 12.1. The summed E-state index contributed by atoms with van der Waals surface area (Å²) >= 11 is 0. The Hall–Kier alpha value is -2.86. The van der Waals surface area contributed by atoms with E-state index in [0.29, 0.717) is 11.4 Å². The Morgan fingerprint density at radius 1 is 1.20 bits per heavy atom. The van der Waals surface area contributed by atoms with Gasteiger partial charge in [0.15, 0.2) is 6.10 Å². The van der Waals surface area contributed by atoms with Crippen LogP contribution in [0.4, 0.5) is 5.69 Å². The van der Waals surface area contributed by atoms with Crippen LogP contribution in [-0.4, -0.2) is 43.6 Å². The maximum Gasteiger partial charge on any atom is 0.256 e. The maximum atomic E-state index is 12.8. The molecule has 2 unspecified atom stereocenters. The quantitative estimate of drug-likeness (QED) is 0.927. The van der Waals surface area contributed by atoms with E-state index in [2.05, 4.69) is 5.32 Å². The van der Waals surface area contributed by atoms with Crippen LogP contribution in [0.25, 0.3) is 0 Å². The molecule has 2 atom stereocenters. The summed E-state index contributed by atoms with van der Waals surface area (Å²) in [6.07, 6.45) is -0.795. The van der Waals surface area contributed by atoms with Gasteiger partial charge in [0.05, 0.1) is 13.2 Å². The second-order valence-corrected chi connectivity index (χ2v) is 5.81. The number of hydrogen-bond acceptors (Lipinski definition) is 4. The highest BCUT2D eigenvalue weighted by atomic mass is 16.5. The monoisotopic (exact) mass is 340 g/mol. The van der Waals surface area contributed by atoms with Gasteiger partial charge < -0.3 is 19.7 Å². The molecule has 0 aliphatic carbocycles. The first kappa shape index (κ1) is 17.0. The fourth-order valence-corrected chi connectivity index (χ4v) is 2.89. The average Bonchev–Trinajstić information content (AvgIpc) is 2.64. The molecule has 25 heavy (non-hydrogen) atoms. The highest BCUT2D eigenvalue weighted by Crippen LogP contribution is 2.30. The van der Waals surface area contributed by atoms with E-state index in [9.17, 15) is 9.59 Å². The van der Waals surface area contributed by atoms with Crippen molar-refractivity contribution >= 4 is 17.5 Å². The maximum absolute atomic E-state index is 12.8. The number of ether oxygens (including phenoxy) is 2. The molecule has 1 aliphatic heterocycles. The van der Waals surface area contributed by atoms with E-state index in [-0.39, 0.29) is 18.4 Å². The highest BCUT2D eigenvalue weighted by molar-refractivity contribution is 5.96. The zero-order valence-corrected chi connectivity index (χ0v) is 14.1. The third kappa shape index (κ3) is 3.64. The van der Waals surface area contributed by atoms with Crippen molar-refractivity contribution in [1.29, 1.82) is 0 Å². The van der Waals surface area contributed by atoms with Gasteiger partial charge in [-0.05, 0) is 17.7 Å². The van der Waals surface area contributed by atoms with Crippen molar-refractivity contribution in [3.8, 4) is 5.75 Å². The van der Waals surface area contributed by atoms with Crippen molar-refractivity contribution < 1.29 is 19.1 Å². The topological polar surface area (TPSA) is 67.9 Å². The Labute approximate surface area is 146 Å². The molecule has 2 aromatic carbocycles. The largest absolute Gasteiger partial charge is 0.497 e. The first-order valence-corrected chi connectivity index (χ1v) is 7.97. The Balaban J connectivity index is 1.84. The van der Waals surface area contributed by atoms with Gasteiger partial charge in [0.2, 0.25) is 5.91 Å². The third-order valence-corrected chi connectivity index (χ3v) is 4.22. The molecule has 0 spiro atoms. The number of anilines is 1. The Bertz CT molecular complexity index is 763. The summed E-state index contributed by atoms with van der Waals surface area (Å²) < 4.78 is 10.8. The molecule has 1 saturated heterocycles. The van der Waals surface area contributed by atoms with E-state index in [4.69, 9.17) is 9.47 Å². The highest BCUT2D eigenvalue weighted by Gasteiger charge is 2.40. The fraction of sp³-hybridized carbons (Fsp3) is 0.263. The van der Waals surface area contributed by atoms with Gasteiger partial charge in [0, 0.05) is 18.8 Å². The first-order valence-electron chi connectivity index (χ1n) is 7.97. The Morgan fingerprint density at radius 3 is 2.68 bits per heavy atom. The predicted molar refractivity (Wildman–Crippen MR) is 93.3 cm³/mol. The molecule has 1 fully saturated rings. The molecule has 0 saturated carbocycles. The summed E-state index contributed by atoms with van der Waals surface area (Å²) in [5.74, 6) is 0.190. The van der Waals surface area contributed by atoms with Crippen LogP contribution in [0.1, 0.15) is 11.6 Å². The van der Waals surface area contributed by atoms with Gasteiger partial charge in [-0.15, -0.1) is 0 Å². The number of nitrogens with zero attached hydrogens (tertiary/aromatic N) is 1. The minimum Gasteiger partial charge on any atom is -0.497 e. The number of methoxy groups -OCH3 is 1. The lowest BCUT2D eigenvalue weighted by Gasteiger charge is -2.38. The summed E-state index contributed by atoms with van der Waals surface area (Å²) in [6.45, 7) is -0.115. The number of likely N-dealkylation sites (N-methyl/N-ethyl adjacent to an activating group) is 1. The smallest absolute Gasteiger partial charge is 0.256 e. The molecule has 130 valence electrons. The van der Waals surface area contributed by atoms with E-state index in [1.54, 1.807) is 43.3 Å². The van der Waals surface area contributed by atoms with Crippen molar-refractivity contribution in [3.05, 3.63) is 60.2 Å². The third-order valence-electron chi connectivity index (χ3n) is 4.22. The van der Waals surface area contributed by atoms with Crippen molar-refractivity contribution in [2.24, 2.45) is 0 Å². The van der Waals surface area contributed by atoms with Gasteiger partial charge in [0.1, 0.15) is 12.4 Å². The Morgan fingerprint density at radius 2 is 1.96 bits per heavy atom. The number of amides is 2. The van der Waals surface area contributed by atoms with E-state index in [0.717, 1.165) is 5.56 Å². The minimum absolute atomic E-state index is 0.115. The molecular weight excluding hydrogens is 320 g/mol. The average molecular weight is 340 g/mol. The van der Waals surface area contributed by atoms with Crippen LogP contribution in [0.3, 0.4) is 0 Å². The molecule has 3 rings (SSSR count). The molecule has 1 N–H and O–H groups in total. The molecule has 0 aromatic heterocycles. The number of nitrogens with one attached hydrogen (secondary N) is 1. The zero-order valence-electron chi connectivity index (χ0n) is 14.1. The summed E-state index contributed by atoms with van der Waals surface area (Å²) in [4.78, 5) is 26.4. The summed E-state index contributed by atoms with van der Waals surface area (Å²) in [6, 6.07) is 16.0. The van der Waals surface area contributed by atoms with Gasteiger partial charge in [0.25, 0.3) is 5.91 Å². The van der Waals surface area contributed by atoms with Crippen LogP contribution in [-0.2, 0) is 14.3 Å². The van der Waals surface area contributed by atoms with E-state index in [1.807, 2.05) is 30.3 Å². The van der Waals surface area contributed by atoms with E-state index < -0.39 is 12.1 Å². The molecule has 6 heteroatoms. The number of carbonyl (C=O) groups excluding carboxylic acids is 2. The lowest BCUT2D eigenvalue weighted by molar-refractivity contribution is -0.160. The van der Waals surface area contributed by atoms with Crippen LogP contribution in [0.5, 0.6) is 5.75 Å². The van der Waals surface area contributed by atoms with Gasteiger partial charge in [-0.1, -0.05) is 36.4 Å². The molecule has 6 nitrogen and oxygen atoms in total. The molecule has 0 radical (unpaired) electrons. The van der Waals surface area contributed by atoms with Crippen molar-refractivity contribution in [1.82, 2.24) is 4.90 Å². The number of carbonyl (C=O) groups is 2. The number of hydrogen-bond donors (Lipinski definition) is 1. The van der Waals surface area contributed by atoms with Crippen LogP contribution in [0, 0.1) is 0 Å². The number of rotatable bonds is 4. The number of benzene rings is 2. The Kier molecular flexibility index (Phi) is 5.00. The second-order valence-electron chi connectivity index (χ2n) is 5.81. The molecule has 2 amide bonds. The van der Waals surface area contributed by atoms with E-state index >= 15 is 0 Å². The molecule has 2 aromatic rings. The van der Waals surface area contributed by atoms with E-state index in [1.165, 1.54) is 0 Å². The molecule has 0 bridgehead atoms. The molecule has 1 aliphatic rings. The normalized spacial score (nSPS) is 20.2. The van der Waals surface area contributed by atoms with Crippen LogP contribution >= 0.6 is 0 Å². The molecular formula is C19H20N2O4. The zero-order chi connectivity index (χ0) is 17.8. The standard InChI is InChI=1S/C19H20N2O4/c1-21-16(22)12-25-18(17(21)13-7-4-3-5-8-13)19(23)20-14-9-6-10-15(11-14)24-2/h3-11,17-18H,12H2,1-2H3,(H,20,23). The van der Waals surface area contributed by atoms with Gasteiger partial charge >= 0.3 is 0 Å². The van der Waals surface area contributed by atoms with Gasteiger partial charge in [-0.3, -0.25) is 9.59 Å². The van der Waals surface area contributed by atoms with Crippen molar-refractivity contribution in [2.75, 3.05) is 26.1 Å². The summed E-state index contributed by atoms with van der Waals surface area (Å²) in [7, 11) is 3.26. The van der Waals surface area contributed by atoms with Gasteiger partial charge in [-0.2, -0.15) is 0 Å². The lowest BCUT2D eigenvalue weighted by atomic mass is 9.97. The SMILES string of the molecule is COc1cccc(NC(=O)C2OCC(=O)N(C)C2c2ccccc2)c1. The van der Waals surface area contributed by atoms with Crippen molar-refractivity contribution in [2.45, 2.75) is 12.1 Å². The van der Waals surface area contributed by atoms with Crippen LogP contribution < -0.4 is 10.1 Å². The summed E-state index contributed by atoms with van der Waals surface area (Å²) in [5.41, 5.74) is 1.46. The summed E-state index contributed by atoms with van der Waals surface area (Å²) in [5, 5.41) is 2.84. The van der Waals surface area contributed by atoms with Crippen molar-refractivity contribution in [3.63, 3.8) is 0 Å².